The van der Waals surface area contributed by atoms with Crippen LogP contribution < -0.4 is 9.47 Å². The molecule has 0 atom stereocenters. The molecule has 3 aromatic rings. The van der Waals surface area contributed by atoms with E-state index in [1.54, 1.807) is 24.4 Å². The normalized spacial score (nSPS) is 10.3. The second-order valence-corrected chi connectivity index (χ2v) is 5.41. The monoisotopic (exact) mass is 335 g/mol. The van der Waals surface area contributed by atoms with Gasteiger partial charge in [0.05, 0.1) is 12.7 Å². The Hall–Kier alpha value is -3.34. The van der Waals surface area contributed by atoms with Crippen molar-refractivity contribution >= 4 is 5.97 Å². The highest BCUT2D eigenvalue weighted by molar-refractivity contribution is 5.90. The Balaban J connectivity index is 1.78. The number of rotatable bonds is 6. The van der Waals surface area contributed by atoms with Gasteiger partial charge < -0.3 is 14.6 Å². The Kier molecular flexibility index (Phi) is 4.95. The lowest BCUT2D eigenvalue weighted by atomic mass is 10.0. The van der Waals surface area contributed by atoms with Crippen LogP contribution in [0, 0.1) is 0 Å². The van der Waals surface area contributed by atoms with Crippen molar-refractivity contribution in [2.45, 2.75) is 6.61 Å². The number of aromatic carboxylic acids is 1. The molecule has 25 heavy (non-hydrogen) atoms. The van der Waals surface area contributed by atoms with E-state index in [-0.39, 0.29) is 5.56 Å². The smallest absolute Gasteiger partial charge is 0.335 e. The lowest BCUT2D eigenvalue weighted by molar-refractivity contribution is 0.0696. The van der Waals surface area contributed by atoms with Gasteiger partial charge in [-0.3, -0.25) is 0 Å². The number of nitrogens with zero attached hydrogens (tertiary/aromatic N) is 1. The third-order valence-corrected chi connectivity index (χ3v) is 3.69. The van der Waals surface area contributed by atoms with Crippen molar-refractivity contribution in [1.82, 2.24) is 4.98 Å². The van der Waals surface area contributed by atoms with E-state index < -0.39 is 5.97 Å². The van der Waals surface area contributed by atoms with Crippen LogP contribution >= 0.6 is 0 Å². The number of pyridine rings is 1. The van der Waals surface area contributed by atoms with Gasteiger partial charge in [-0.05, 0) is 35.4 Å². The molecule has 0 aliphatic carbocycles. The zero-order valence-corrected chi connectivity index (χ0v) is 13.7. The Morgan fingerprint density at radius 1 is 1.04 bits per heavy atom. The maximum absolute atomic E-state index is 11.2. The van der Waals surface area contributed by atoms with Crippen LogP contribution in [0.5, 0.6) is 11.6 Å². The average Bonchev–Trinajstić information content (AvgIpc) is 2.67. The van der Waals surface area contributed by atoms with Gasteiger partial charge in [-0.25, -0.2) is 9.78 Å². The maximum Gasteiger partial charge on any atom is 0.335 e. The molecule has 0 saturated heterocycles. The second kappa shape index (κ2) is 7.49. The second-order valence-electron chi connectivity index (χ2n) is 5.41. The van der Waals surface area contributed by atoms with Crippen LogP contribution in [0.1, 0.15) is 15.9 Å². The lowest BCUT2D eigenvalue weighted by Gasteiger charge is -2.09. The van der Waals surface area contributed by atoms with Crippen molar-refractivity contribution in [1.29, 1.82) is 0 Å². The van der Waals surface area contributed by atoms with Crippen LogP contribution in [0.4, 0.5) is 0 Å². The summed E-state index contributed by atoms with van der Waals surface area (Å²) in [7, 11) is 1.50. The van der Waals surface area contributed by atoms with E-state index in [0.717, 1.165) is 16.7 Å². The van der Waals surface area contributed by atoms with E-state index >= 15 is 0 Å². The van der Waals surface area contributed by atoms with Gasteiger partial charge in [0.1, 0.15) is 12.4 Å². The van der Waals surface area contributed by atoms with Crippen LogP contribution in [0.25, 0.3) is 11.1 Å². The van der Waals surface area contributed by atoms with Crippen molar-refractivity contribution in [2.24, 2.45) is 0 Å². The molecular formula is C20H17NO4. The first-order valence-electron chi connectivity index (χ1n) is 7.71. The quantitative estimate of drug-likeness (QED) is 0.736. The number of benzene rings is 2. The molecule has 126 valence electrons. The highest BCUT2D eigenvalue weighted by atomic mass is 16.5. The molecule has 1 N–H and O–H groups in total. The predicted molar refractivity (Wildman–Crippen MR) is 94.0 cm³/mol. The third-order valence-electron chi connectivity index (χ3n) is 3.69. The molecule has 0 saturated carbocycles. The summed E-state index contributed by atoms with van der Waals surface area (Å²) in [6.45, 7) is 0.440. The summed E-state index contributed by atoms with van der Waals surface area (Å²) in [6.07, 6.45) is 1.65. The number of carboxylic acid groups (broad SMARTS) is 1. The molecule has 1 heterocycles. The van der Waals surface area contributed by atoms with E-state index in [4.69, 9.17) is 9.47 Å². The molecule has 0 fully saturated rings. The molecule has 5 nitrogen and oxygen atoms in total. The molecule has 0 aliphatic rings. The Morgan fingerprint density at radius 3 is 2.48 bits per heavy atom. The largest absolute Gasteiger partial charge is 0.497 e. The van der Waals surface area contributed by atoms with Gasteiger partial charge >= 0.3 is 5.97 Å². The van der Waals surface area contributed by atoms with E-state index in [1.807, 2.05) is 36.4 Å². The summed E-state index contributed by atoms with van der Waals surface area (Å²) in [6, 6.07) is 18.3. The van der Waals surface area contributed by atoms with Crippen LogP contribution in [0.15, 0.2) is 66.9 Å². The van der Waals surface area contributed by atoms with E-state index in [2.05, 4.69) is 4.98 Å². The van der Waals surface area contributed by atoms with Crippen molar-refractivity contribution in [3.05, 3.63) is 78.0 Å². The van der Waals surface area contributed by atoms with Crippen molar-refractivity contribution in [3.63, 3.8) is 0 Å². The maximum atomic E-state index is 11.2. The minimum Gasteiger partial charge on any atom is -0.497 e. The molecule has 0 bridgehead atoms. The highest BCUT2D eigenvalue weighted by Crippen LogP contribution is 2.26. The molecule has 1 aromatic heterocycles. The van der Waals surface area contributed by atoms with Gasteiger partial charge in [0.15, 0.2) is 0 Å². The third kappa shape index (κ3) is 4.14. The number of aromatic nitrogens is 1. The Morgan fingerprint density at radius 2 is 1.84 bits per heavy atom. The number of carboxylic acids is 1. The summed E-state index contributed by atoms with van der Waals surface area (Å²) in [4.78, 5) is 15.5. The van der Waals surface area contributed by atoms with E-state index in [9.17, 15) is 9.90 Å². The minimum absolute atomic E-state index is 0.166. The molecule has 5 heteroatoms. The first-order valence-corrected chi connectivity index (χ1v) is 7.71. The summed E-state index contributed by atoms with van der Waals surface area (Å²) < 4.78 is 10.8. The zero-order chi connectivity index (χ0) is 17.6. The van der Waals surface area contributed by atoms with Gasteiger partial charge in [0.2, 0.25) is 5.88 Å². The van der Waals surface area contributed by atoms with E-state index in [1.165, 1.54) is 13.2 Å². The summed E-state index contributed by atoms with van der Waals surface area (Å²) in [5.74, 6) is -0.0100. The summed E-state index contributed by atoms with van der Waals surface area (Å²) in [5, 5.41) is 9.21. The van der Waals surface area contributed by atoms with Gasteiger partial charge in [0, 0.05) is 17.8 Å². The van der Waals surface area contributed by atoms with Gasteiger partial charge in [0.25, 0.3) is 0 Å². The van der Waals surface area contributed by atoms with Crippen molar-refractivity contribution < 1.29 is 19.4 Å². The standard InChI is InChI=1S/C20H17NO4/c1-24-18-10-16(9-17(11-18)20(22)23)15-7-8-19(21-12-15)25-13-14-5-3-2-4-6-14/h2-12H,13H2,1H3,(H,22,23). The number of methoxy groups -OCH3 is 1. The number of hydrogen-bond donors (Lipinski definition) is 1. The fourth-order valence-electron chi connectivity index (χ4n) is 2.37. The van der Waals surface area contributed by atoms with E-state index in [0.29, 0.717) is 18.2 Å². The molecule has 3 rings (SSSR count). The number of carbonyl (C=O) groups is 1. The SMILES string of the molecule is COc1cc(C(=O)O)cc(-c2ccc(OCc3ccccc3)nc2)c1. The molecular weight excluding hydrogens is 318 g/mol. The van der Waals surface area contributed by atoms with Crippen molar-refractivity contribution in [3.8, 4) is 22.8 Å². The van der Waals surface area contributed by atoms with Gasteiger partial charge in [-0.2, -0.15) is 0 Å². The predicted octanol–water partition coefficient (Wildman–Crippen LogP) is 4.03. The van der Waals surface area contributed by atoms with Crippen LogP contribution in [-0.4, -0.2) is 23.2 Å². The lowest BCUT2D eigenvalue weighted by Crippen LogP contribution is -1.99. The fraction of sp³-hybridized carbons (Fsp3) is 0.100. The van der Waals surface area contributed by atoms with Crippen LogP contribution in [-0.2, 0) is 6.61 Å². The first kappa shape index (κ1) is 16.5. The van der Waals surface area contributed by atoms with Gasteiger partial charge in [-0.1, -0.05) is 30.3 Å². The highest BCUT2D eigenvalue weighted by Gasteiger charge is 2.09. The topological polar surface area (TPSA) is 68.7 Å². The fourth-order valence-corrected chi connectivity index (χ4v) is 2.37. The molecule has 0 unspecified atom stereocenters. The molecule has 0 radical (unpaired) electrons. The van der Waals surface area contributed by atoms with Crippen molar-refractivity contribution in [2.75, 3.05) is 7.11 Å². The average molecular weight is 335 g/mol. The Bertz CT molecular complexity index is 861. The molecule has 0 aliphatic heterocycles. The van der Waals surface area contributed by atoms with Gasteiger partial charge in [-0.15, -0.1) is 0 Å². The van der Waals surface area contributed by atoms with Crippen LogP contribution in [0.2, 0.25) is 0 Å². The zero-order valence-electron chi connectivity index (χ0n) is 13.7. The molecule has 2 aromatic carbocycles. The molecule has 0 spiro atoms. The minimum atomic E-state index is -1.00. The first-order chi connectivity index (χ1) is 12.2. The summed E-state index contributed by atoms with van der Waals surface area (Å²) in [5.41, 5.74) is 2.73. The Labute approximate surface area is 145 Å². The molecule has 0 amide bonds. The summed E-state index contributed by atoms with van der Waals surface area (Å²) >= 11 is 0. The number of hydrogen-bond acceptors (Lipinski definition) is 4. The van der Waals surface area contributed by atoms with Crippen LogP contribution in [0.3, 0.4) is 0 Å². The number of ether oxygens (including phenoxy) is 2.